The number of sulfonamides is 1. The van der Waals surface area contributed by atoms with E-state index in [9.17, 15) is 33.0 Å². The zero-order valence-electron chi connectivity index (χ0n) is 14.5. The number of carbonyl (C=O) groups excluding carboxylic acids is 1. The van der Waals surface area contributed by atoms with E-state index in [1.165, 1.54) is 0 Å². The highest BCUT2D eigenvalue weighted by atomic mass is 32.2. The van der Waals surface area contributed by atoms with E-state index in [2.05, 4.69) is 9.97 Å². The van der Waals surface area contributed by atoms with Crippen molar-refractivity contribution < 1.29 is 28.2 Å². The van der Waals surface area contributed by atoms with Gasteiger partial charge in [0, 0.05) is 6.42 Å². The average molecular weight is 418 g/mol. The van der Waals surface area contributed by atoms with Crippen molar-refractivity contribution in [1.82, 2.24) is 23.8 Å². The minimum atomic E-state index is -3.89. The second-order valence-corrected chi connectivity index (χ2v) is 8.04. The molecule has 0 bridgehead atoms. The van der Waals surface area contributed by atoms with Gasteiger partial charge in [-0.25, -0.2) is 17.8 Å². The number of rotatable bonds is 5. The van der Waals surface area contributed by atoms with Crippen LogP contribution in [0.5, 0.6) is 0 Å². The summed E-state index contributed by atoms with van der Waals surface area (Å²) in [7, 11) is -3.89. The van der Waals surface area contributed by atoms with Gasteiger partial charge in [0.25, 0.3) is 11.5 Å². The predicted octanol–water partition coefficient (Wildman–Crippen LogP) is -3.81. The molecular weight excluding hydrogens is 400 g/mol. The van der Waals surface area contributed by atoms with Crippen LogP contribution in [0.1, 0.15) is 12.6 Å². The lowest BCUT2D eigenvalue weighted by Gasteiger charge is -2.15. The maximum Gasteiger partial charge on any atom is 0.333 e. The van der Waals surface area contributed by atoms with Crippen molar-refractivity contribution in [2.24, 2.45) is 0 Å². The lowest BCUT2D eigenvalue weighted by molar-refractivity contribution is -0.119. The minimum absolute atomic E-state index is 0.0213. The maximum absolute atomic E-state index is 12.9. The Morgan fingerprint density at radius 3 is 2.71 bits per heavy atom. The normalized spacial score (nSPS) is 22.6. The number of hydrogen-bond acceptors (Lipinski definition) is 10. The van der Waals surface area contributed by atoms with Gasteiger partial charge in [0.2, 0.25) is 16.0 Å². The third kappa shape index (κ3) is 3.64. The van der Waals surface area contributed by atoms with E-state index in [1.54, 1.807) is 4.72 Å². The molecular formula is C13H18N6O8S. The Hall–Kier alpha value is -2.75. The fourth-order valence-corrected chi connectivity index (χ4v) is 3.52. The number of aliphatic hydroxyl groups excluding tert-OH is 2. The first kappa shape index (κ1) is 20.0. The molecule has 6 N–H and O–H groups in total. The number of nitrogens with zero attached hydrogens (tertiary/aromatic N) is 3. The summed E-state index contributed by atoms with van der Waals surface area (Å²) in [4.78, 5) is 43.3. The molecule has 1 amide bonds. The highest BCUT2D eigenvalue weighted by molar-refractivity contribution is 7.89. The van der Waals surface area contributed by atoms with Gasteiger partial charge in [-0.2, -0.15) is 4.98 Å². The number of H-pyrrole nitrogens is 1. The quantitative estimate of drug-likeness (QED) is 0.319. The number of anilines is 1. The van der Waals surface area contributed by atoms with Crippen molar-refractivity contribution >= 4 is 33.0 Å². The number of fused-ring (bicyclic) bond motifs is 1. The first-order valence-electron chi connectivity index (χ1n) is 7.97. The molecule has 1 saturated heterocycles. The first-order chi connectivity index (χ1) is 13.0. The van der Waals surface area contributed by atoms with Crippen LogP contribution in [0.4, 0.5) is 5.95 Å². The molecule has 1 aliphatic heterocycles. The number of aliphatic hydroxyl groups is 2. The van der Waals surface area contributed by atoms with Crippen LogP contribution in [0, 0.1) is 0 Å². The van der Waals surface area contributed by atoms with Gasteiger partial charge in [-0.3, -0.25) is 23.9 Å². The molecule has 1 aliphatic rings. The van der Waals surface area contributed by atoms with E-state index in [0.29, 0.717) is 4.57 Å². The van der Waals surface area contributed by atoms with Gasteiger partial charge in [0.05, 0.1) is 19.0 Å². The number of carbonyl (C=O) groups is 1. The van der Waals surface area contributed by atoms with Gasteiger partial charge in [-0.05, 0) is 0 Å². The molecule has 0 radical (unpaired) electrons. The fourth-order valence-electron chi connectivity index (χ4n) is 3.04. The average Bonchev–Trinajstić information content (AvgIpc) is 3.04. The Balaban J connectivity index is 2.18. The van der Waals surface area contributed by atoms with Crippen molar-refractivity contribution in [3.8, 4) is 0 Å². The van der Waals surface area contributed by atoms with Gasteiger partial charge in [-0.1, -0.05) is 0 Å². The lowest BCUT2D eigenvalue weighted by Crippen LogP contribution is -2.37. The van der Waals surface area contributed by atoms with Crippen LogP contribution in [0.3, 0.4) is 0 Å². The van der Waals surface area contributed by atoms with Crippen LogP contribution < -0.4 is 21.7 Å². The molecule has 0 aromatic carbocycles. The van der Waals surface area contributed by atoms with Crippen LogP contribution in [-0.2, 0) is 26.1 Å². The summed E-state index contributed by atoms with van der Waals surface area (Å²) in [5, 5.41) is 19.4. The topological polar surface area (TPSA) is 212 Å². The molecule has 14 nitrogen and oxygen atoms in total. The van der Waals surface area contributed by atoms with Gasteiger partial charge >= 0.3 is 5.69 Å². The van der Waals surface area contributed by atoms with E-state index in [0.717, 1.165) is 10.8 Å². The molecule has 0 aliphatic carbocycles. The lowest BCUT2D eigenvalue weighted by atomic mass is 10.2. The number of nitrogens with one attached hydrogen (secondary N) is 2. The molecule has 28 heavy (non-hydrogen) atoms. The highest BCUT2D eigenvalue weighted by Gasteiger charge is 2.38. The summed E-state index contributed by atoms with van der Waals surface area (Å²) in [6.07, 6.45) is -2.48. The standard InChI is InChI=1S/C13H18N6O8S/c1-28(25,26)17-7(22)3-18-8-9(15-12(14)16-10(8)23)19(13(18)24)11-6(21)2-5(4-20)27-11/h5-6,11,20-21H,2-4H2,1H3,(H,17,22)(H3,14,15,16,23)/t5-,6+,11+/m0/s1. The zero-order valence-corrected chi connectivity index (χ0v) is 15.3. The van der Waals surface area contributed by atoms with Gasteiger partial charge < -0.3 is 20.7 Å². The Morgan fingerprint density at radius 1 is 1.46 bits per heavy atom. The molecule has 1 fully saturated rings. The second kappa shape index (κ2) is 7.01. The van der Waals surface area contributed by atoms with Crippen LogP contribution in [-0.4, -0.2) is 68.7 Å². The number of imidazole rings is 1. The minimum Gasteiger partial charge on any atom is -0.394 e. The summed E-state index contributed by atoms with van der Waals surface area (Å²) < 4.78 is 31.1. The number of nitrogen functional groups attached to an aromatic ring is 1. The number of amides is 1. The highest BCUT2D eigenvalue weighted by Crippen LogP contribution is 2.29. The Labute approximate surface area is 156 Å². The first-order valence-corrected chi connectivity index (χ1v) is 9.86. The molecule has 0 spiro atoms. The Morgan fingerprint density at radius 2 is 2.14 bits per heavy atom. The monoisotopic (exact) mass is 418 g/mol. The van der Waals surface area contributed by atoms with Crippen LogP contribution in [0.25, 0.3) is 11.2 Å². The molecule has 2 aromatic rings. The molecule has 15 heteroatoms. The molecule has 154 valence electrons. The maximum atomic E-state index is 12.9. The van der Waals surface area contributed by atoms with Crippen molar-refractivity contribution in [2.45, 2.75) is 31.4 Å². The van der Waals surface area contributed by atoms with Crippen molar-refractivity contribution in [1.29, 1.82) is 0 Å². The number of hydrogen-bond donors (Lipinski definition) is 5. The fraction of sp³-hybridized carbons (Fsp3) is 0.538. The number of nitrogens with two attached hydrogens (primary N) is 1. The SMILES string of the molecule is CS(=O)(=O)NC(=O)Cn1c(=O)n([C@@H]2O[C@H](CO)C[C@H]2O)c2nc(N)[nH]c(=O)c21. The Kier molecular flexibility index (Phi) is 5.00. The van der Waals surface area contributed by atoms with Crippen molar-refractivity contribution in [3.63, 3.8) is 0 Å². The van der Waals surface area contributed by atoms with E-state index < -0.39 is 58.8 Å². The van der Waals surface area contributed by atoms with Gasteiger partial charge in [-0.15, -0.1) is 0 Å². The molecule has 3 atom stereocenters. The zero-order chi connectivity index (χ0) is 20.8. The summed E-state index contributed by atoms with van der Waals surface area (Å²) in [5.41, 5.74) is 3.11. The molecule has 0 saturated carbocycles. The van der Waals surface area contributed by atoms with E-state index in [1.807, 2.05) is 0 Å². The molecule has 3 rings (SSSR count). The van der Waals surface area contributed by atoms with Gasteiger partial charge in [0.15, 0.2) is 17.4 Å². The van der Waals surface area contributed by atoms with Crippen molar-refractivity contribution in [3.05, 3.63) is 20.8 Å². The molecule has 2 aromatic heterocycles. The summed E-state index contributed by atoms with van der Waals surface area (Å²) in [5.74, 6) is -1.39. The second-order valence-electron chi connectivity index (χ2n) is 6.29. The summed E-state index contributed by atoms with van der Waals surface area (Å²) in [6.45, 7) is -1.22. The number of aromatic amines is 1. The van der Waals surface area contributed by atoms with E-state index >= 15 is 0 Å². The number of ether oxygens (including phenoxy) is 1. The largest absolute Gasteiger partial charge is 0.394 e. The van der Waals surface area contributed by atoms with Gasteiger partial charge in [0.1, 0.15) is 12.6 Å². The third-order valence-electron chi connectivity index (χ3n) is 4.05. The molecule has 3 heterocycles. The third-order valence-corrected chi connectivity index (χ3v) is 4.65. The van der Waals surface area contributed by atoms with E-state index in [4.69, 9.17) is 10.5 Å². The van der Waals surface area contributed by atoms with Crippen LogP contribution >= 0.6 is 0 Å². The smallest absolute Gasteiger partial charge is 0.333 e. The summed E-state index contributed by atoms with van der Waals surface area (Å²) >= 11 is 0. The van der Waals surface area contributed by atoms with E-state index in [-0.39, 0.29) is 23.5 Å². The number of aromatic nitrogens is 4. The summed E-state index contributed by atoms with van der Waals surface area (Å²) in [6, 6.07) is 0. The van der Waals surface area contributed by atoms with Crippen LogP contribution in [0.15, 0.2) is 9.59 Å². The predicted molar refractivity (Wildman–Crippen MR) is 93.6 cm³/mol. The van der Waals surface area contributed by atoms with Crippen molar-refractivity contribution in [2.75, 3.05) is 18.6 Å². The van der Waals surface area contributed by atoms with Crippen LogP contribution in [0.2, 0.25) is 0 Å². The Bertz CT molecular complexity index is 1150. The molecule has 0 unspecified atom stereocenters.